The van der Waals surface area contributed by atoms with Crippen LogP contribution in [0.2, 0.25) is 0 Å². The molecule has 3 aromatic rings. The Hall–Kier alpha value is -3.19. The summed E-state index contributed by atoms with van der Waals surface area (Å²) in [4.78, 5) is 0. The first-order chi connectivity index (χ1) is 18.7. The van der Waals surface area contributed by atoms with Gasteiger partial charge in [0, 0.05) is 5.30 Å². The molecule has 0 saturated heterocycles. The van der Waals surface area contributed by atoms with Crippen molar-refractivity contribution < 1.29 is 9.84 Å². The van der Waals surface area contributed by atoms with Gasteiger partial charge in [-0.05, 0) is 78.1 Å². The maximum atomic E-state index is 10.5. The number of hydrogen-bond donors (Lipinski definition) is 1. The third-order valence-electron chi connectivity index (χ3n) is 7.25. The fraction of sp³-hybridized carbons (Fsp3) is 0.257. The van der Waals surface area contributed by atoms with Gasteiger partial charge in [0.15, 0.2) is 0 Å². The van der Waals surface area contributed by atoms with Gasteiger partial charge in [-0.1, -0.05) is 118 Å². The average molecular weight is 521 g/mol. The topological polar surface area (TPSA) is 29.5 Å². The molecule has 3 aromatic carbocycles. The molecule has 38 heavy (non-hydrogen) atoms. The number of aliphatic hydroxyl groups is 1. The zero-order valence-electron chi connectivity index (χ0n) is 22.1. The first kappa shape index (κ1) is 26.4. The number of hydrogen-bond acceptors (Lipinski definition) is 2. The lowest BCUT2D eigenvalue weighted by atomic mass is 9.89. The van der Waals surface area contributed by atoms with Gasteiger partial charge >= 0.3 is 0 Å². The summed E-state index contributed by atoms with van der Waals surface area (Å²) in [7, 11) is 0.403. The molecule has 4 atom stereocenters. The van der Waals surface area contributed by atoms with Crippen molar-refractivity contribution in [1.29, 1.82) is 0 Å². The quantitative estimate of drug-likeness (QED) is 0.284. The molecule has 0 aromatic heterocycles. The minimum Gasteiger partial charge on any atom is -0.488 e. The molecule has 0 bridgehead atoms. The van der Waals surface area contributed by atoms with Gasteiger partial charge in [-0.15, -0.1) is 0 Å². The van der Waals surface area contributed by atoms with Crippen molar-refractivity contribution in [3.8, 4) is 5.75 Å². The van der Waals surface area contributed by atoms with Crippen LogP contribution in [-0.2, 0) is 19.4 Å². The van der Waals surface area contributed by atoms with Crippen molar-refractivity contribution in [3.05, 3.63) is 138 Å². The van der Waals surface area contributed by atoms with Crippen LogP contribution < -0.4 is 15.3 Å². The monoisotopic (exact) mass is 520 g/mol. The maximum absolute atomic E-state index is 10.5. The fourth-order valence-corrected chi connectivity index (χ4v) is 6.80. The van der Waals surface area contributed by atoms with Crippen LogP contribution in [-0.4, -0.2) is 5.11 Å². The van der Waals surface area contributed by atoms with E-state index in [0.717, 1.165) is 37.0 Å². The summed E-state index contributed by atoms with van der Waals surface area (Å²) >= 11 is 0. The van der Waals surface area contributed by atoms with Crippen molar-refractivity contribution in [2.24, 2.45) is 11.8 Å². The van der Waals surface area contributed by atoms with Crippen molar-refractivity contribution in [1.82, 2.24) is 0 Å². The Labute approximate surface area is 229 Å². The fourth-order valence-electron chi connectivity index (χ4n) is 5.29. The third kappa shape index (κ3) is 7.01. The Morgan fingerprint density at radius 3 is 2.16 bits per heavy atom. The molecule has 0 aliphatic heterocycles. The Kier molecular flexibility index (Phi) is 9.07. The van der Waals surface area contributed by atoms with Crippen molar-refractivity contribution in [2.45, 2.75) is 45.3 Å². The predicted molar refractivity (Wildman–Crippen MR) is 162 cm³/mol. The number of rotatable bonds is 10. The highest BCUT2D eigenvalue weighted by atomic mass is 31.1. The van der Waals surface area contributed by atoms with E-state index < -0.39 is 6.10 Å². The number of allylic oxidation sites excluding steroid dienone is 8. The average Bonchev–Trinajstić information content (AvgIpc) is 2.94. The van der Waals surface area contributed by atoms with Gasteiger partial charge in [0.25, 0.3) is 0 Å². The minimum atomic E-state index is -0.506. The van der Waals surface area contributed by atoms with E-state index in [1.165, 1.54) is 27.3 Å². The van der Waals surface area contributed by atoms with E-state index in [4.69, 9.17) is 4.74 Å². The minimum absolute atomic E-state index is 0.403. The summed E-state index contributed by atoms with van der Waals surface area (Å²) in [5.41, 5.74) is 4.81. The summed E-state index contributed by atoms with van der Waals surface area (Å²) in [5.74, 6) is 1.99. The van der Waals surface area contributed by atoms with Gasteiger partial charge < -0.3 is 9.84 Å². The molecule has 5 rings (SSSR count). The normalized spacial score (nSPS) is 19.3. The van der Waals surface area contributed by atoms with E-state index in [1.54, 1.807) is 0 Å². The van der Waals surface area contributed by atoms with Crippen LogP contribution in [0.4, 0.5) is 0 Å². The number of benzene rings is 3. The van der Waals surface area contributed by atoms with Gasteiger partial charge in [-0.3, -0.25) is 0 Å². The van der Waals surface area contributed by atoms with Gasteiger partial charge in [0.1, 0.15) is 12.4 Å². The Bertz CT molecular complexity index is 1330. The van der Waals surface area contributed by atoms with Gasteiger partial charge in [0.2, 0.25) is 0 Å². The molecule has 2 nitrogen and oxygen atoms in total. The molecule has 4 unspecified atom stereocenters. The Morgan fingerprint density at radius 2 is 1.47 bits per heavy atom. The van der Waals surface area contributed by atoms with Crippen LogP contribution in [0.15, 0.2) is 115 Å². The van der Waals surface area contributed by atoms with E-state index in [9.17, 15) is 5.11 Å². The third-order valence-corrected chi connectivity index (χ3v) is 8.62. The van der Waals surface area contributed by atoms with E-state index in [0.29, 0.717) is 27.0 Å². The number of aliphatic hydroxyl groups excluding tert-OH is 1. The summed E-state index contributed by atoms with van der Waals surface area (Å²) in [6.45, 7) is 2.39. The highest BCUT2D eigenvalue weighted by Gasteiger charge is 2.20. The second-order valence-electron chi connectivity index (χ2n) is 10.3. The van der Waals surface area contributed by atoms with Crippen molar-refractivity contribution in [3.63, 3.8) is 0 Å². The molecule has 0 heterocycles. The van der Waals surface area contributed by atoms with Crippen LogP contribution in [0.5, 0.6) is 5.75 Å². The van der Waals surface area contributed by atoms with E-state index >= 15 is 0 Å². The molecule has 0 fully saturated rings. The second kappa shape index (κ2) is 13.1. The van der Waals surface area contributed by atoms with Crippen molar-refractivity contribution >= 4 is 19.2 Å². The molecule has 0 radical (unpaired) electrons. The zero-order chi connectivity index (χ0) is 26.2. The summed E-state index contributed by atoms with van der Waals surface area (Å²) in [5, 5.41) is 12.9. The first-order valence-corrected chi connectivity index (χ1v) is 14.7. The summed E-state index contributed by atoms with van der Waals surface area (Å²) in [6.07, 6.45) is 21.4. The molecule has 2 aliphatic carbocycles. The molecule has 3 heteroatoms. The molecule has 194 valence electrons. The highest BCUT2D eigenvalue weighted by molar-refractivity contribution is 7.55. The smallest absolute Gasteiger partial charge is 0.130 e. The van der Waals surface area contributed by atoms with Crippen LogP contribution in [0.25, 0.3) is 0 Å². The molecule has 0 amide bonds. The standard InChI is InChI=1S/C35H37O2P/c1-26(36)32-19-11-12-20-33(32)38-34-24-30(21-27-13-5-2-6-14-27)23-31(22-28-15-7-3-8-16-28)35(34)37-25-29-17-9-4-10-18-29/h2-13,15,17-20,23-24,26-28,36,38H,14,16,21-22,25H2,1H3. The summed E-state index contributed by atoms with van der Waals surface area (Å²) in [6, 6.07) is 23.5. The highest BCUT2D eigenvalue weighted by Crippen LogP contribution is 2.32. The molecule has 1 N–H and O–H groups in total. The molecule has 2 aliphatic rings. The predicted octanol–water partition coefficient (Wildman–Crippen LogP) is 7.30. The maximum Gasteiger partial charge on any atom is 0.130 e. The Balaban J connectivity index is 1.55. The van der Waals surface area contributed by atoms with Crippen LogP contribution in [0.3, 0.4) is 0 Å². The molecule has 0 saturated carbocycles. The second-order valence-corrected chi connectivity index (χ2v) is 11.6. The lowest BCUT2D eigenvalue weighted by molar-refractivity contribution is 0.200. The number of ether oxygens (including phenoxy) is 1. The van der Waals surface area contributed by atoms with Crippen LogP contribution in [0.1, 0.15) is 48.1 Å². The van der Waals surface area contributed by atoms with E-state index in [1.807, 2.05) is 25.1 Å². The SMILES string of the molecule is CC(O)c1ccccc1Pc1cc(CC2C=CC=CC2)cc(CC2C=CC=CC2)c1OCc1ccccc1. The van der Waals surface area contributed by atoms with Crippen LogP contribution >= 0.6 is 8.58 Å². The van der Waals surface area contributed by atoms with Gasteiger partial charge in [0.05, 0.1) is 6.10 Å². The Morgan fingerprint density at radius 1 is 0.789 bits per heavy atom. The van der Waals surface area contributed by atoms with E-state index in [2.05, 4.69) is 97.1 Å². The van der Waals surface area contributed by atoms with Gasteiger partial charge in [-0.2, -0.15) is 0 Å². The van der Waals surface area contributed by atoms with Crippen molar-refractivity contribution in [2.75, 3.05) is 0 Å². The molecule has 0 spiro atoms. The van der Waals surface area contributed by atoms with Crippen LogP contribution in [0, 0.1) is 11.8 Å². The molecular formula is C35H37O2P. The van der Waals surface area contributed by atoms with Gasteiger partial charge in [-0.25, -0.2) is 0 Å². The lowest BCUT2D eigenvalue weighted by Gasteiger charge is -2.23. The largest absolute Gasteiger partial charge is 0.488 e. The zero-order valence-corrected chi connectivity index (χ0v) is 23.1. The lowest BCUT2D eigenvalue weighted by Crippen LogP contribution is -2.17. The van der Waals surface area contributed by atoms with E-state index in [-0.39, 0.29) is 0 Å². The first-order valence-electron chi connectivity index (χ1n) is 13.7. The summed E-state index contributed by atoms with van der Waals surface area (Å²) < 4.78 is 6.69. The molecular weight excluding hydrogens is 483 g/mol.